The second-order valence-corrected chi connectivity index (χ2v) is 9.47. The first-order chi connectivity index (χ1) is 16.8. The molecule has 0 aromatic heterocycles. The second-order valence-electron chi connectivity index (χ2n) is 7.69. The van der Waals surface area contributed by atoms with Crippen LogP contribution in [0.4, 0.5) is 0 Å². The maximum Gasteiger partial charge on any atom is 0.305 e. The molecule has 0 saturated heterocycles. The van der Waals surface area contributed by atoms with Crippen molar-refractivity contribution in [3.8, 4) is 0 Å². The van der Waals surface area contributed by atoms with Crippen LogP contribution in [0.2, 0.25) is 0 Å². The van der Waals surface area contributed by atoms with Crippen molar-refractivity contribution >= 4 is 29.4 Å². The lowest BCUT2D eigenvalue weighted by Gasteiger charge is -2.16. The van der Waals surface area contributed by atoms with Crippen molar-refractivity contribution in [3.63, 3.8) is 0 Å². The Kier molecular flexibility index (Phi) is 23.5. The lowest BCUT2D eigenvalue weighted by atomic mass is 10.3. The summed E-state index contributed by atoms with van der Waals surface area (Å²) in [6.07, 6.45) is 0.229. The number of hydrogen-bond donors (Lipinski definition) is 2. The van der Waals surface area contributed by atoms with Crippen LogP contribution in [0.15, 0.2) is 0 Å². The Hall–Kier alpha value is -1.28. The summed E-state index contributed by atoms with van der Waals surface area (Å²) < 4.78 is 32.2. The molecular weight excluding hydrogens is 482 g/mol. The van der Waals surface area contributed by atoms with E-state index in [0.29, 0.717) is 92.2 Å². The normalized spacial score (nSPS) is 12.1. The van der Waals surface area contributed by atoms with Crippen LogP contribution in [0.5, 0.6) is 0 Å². The molecule has 0 fully saturated rings. The molecule has 12 heteroatoms. The van der Waals surface area contributed by atoms with Gasteiger partial charge in [-0.15, -0.1) is 11.8 Å². The van der Waals surface area contributed by atoms with E-state index in [2.05, 4.69) is 5.32 Å². The Labute approximate surface area is 212 Å². The highest BCUT2D eigenvalue weighted by atomic mass is 32.2. The Morgan fingerprint density at radius 2 is 1.11 bits per heavy atom. The van der Waals surface area contributed by atoms with Crippen LogP contribution in [-0.4, -0.2) is 119 Å². The van der Waals surface area contributed by atoms with Gasteiger partial charge in [0.2, 0.25) is 5.91 Å². The molecule has 35 heavy (non-hydrogen) atoms. The Balaban J connectivity index is 3.35. The zero-order valence-electron chi connectivity index (χ0n) is 21.3. The predicted molar refractivity (Wildman–Crippen MR) is 132 cm³/mol. The number of ketones is 1. The van der Waals surface area contributed by atoms with E-state index >= 15 is 0 Å². The van der Waals surface area contributed by atoms with Gasteiger partial charge in [0.25, 0.3) is 0 Å². The van der Waals surface area contributed by atoms with Crippen LogP contribution in [0.3, 0.4) is 0 Å². The highest BCUT2D eigenvalue weighted by molar-refractivity contribution is 8.01. The summed E-state index contributed by atoms with van der Waals surface area (Å²) in [4.78, 5) is 33.7. The number of thioether (sulfide) groups is 1. The van der Waals surface area contributed by atoms with E-state index in [-0.39, 0.29) is 23.4 Å². The molecule has 0 heterocycles. The minimum absolute atomic E-state index is 0.115. The van der Waals surface area contributed by atoms with Crippen LogP contribution >= 0.6 is 11.8 Å². The minimum atomic E-state index is -0.991. The van der Waals surface area contributed by atoms with Gasteiger partial charge in [-0.2, -0.15) is 0 Å². The highest BCUT2D eigenvalue weighted by Gasteiger charge is 2.23. The molecular formula is C23H43NO10S. The molecule has 0 aliphatic rings. The molecule has 0 saturated carbocycles. The topological polar surface area (TPSA) is 139 Å². The number of carboxylic acids is 1. The van der Waals surface area contributed by atoms with E-state index in [1.807, 2.05) is 13.8 Å². The van der Waals surface area contributed by atoms with Gasteiger partial charge in [-0.3, -0.25) is 14.4 Å². The van der Waals surface area contributed by atoms with Gasteiger partial charge in [0.05, 0.1) is 91.0 Å². The summed E-state index contributed by atoms with van der Waals surface area (Å²) in [6.45, 7) is 11.0. The maximum atomic E-state index is 12.1. The van der Waals surface area contributed by atoms with Crippen LogP contribution in [0.1, 0.15) is 33.6 Å². The molecule has 1 atom stereocenters. The SMILES string of the molecule is CC(=O)CCOCCOCCOCCOCCOCCOCCNC(=O)C(CC(=O)O)SC(C)C. The van der Waals surface area contributed by atoms with Crippen molar-refractivity contribution in [2.45, 2.75) is 44.1 Å². The Morgan fingerprint density at radius 1 is 0.714 bits per heavy atom. The van der Waals surface area contributed by atoms with Crippen molar-refractivity contribution in [2.75, 3.05) is 85.8 Å². The molecule has 0 aliphatic heterocycles. The lowest BCUT2D eigenvalue weighted by molar-refractivity contribution is -0.138. The third-order valence-corrected chi connectivity index (χ3v) is 5.35. The van der Waals surface area contributed by atoms with Crippen molar-refractivity contribution in [1.29, 1.82) is 0 Å². The summed E-state index contributed by atoms with van der Waals surface area (Å²) >= 11 is 1.34. The van der Waals surface area contributed by atoms with Gasteiger partial charge in [0.1, 0.15) is 5.78 Å². The highest BCUT2D eigenvalue weighted by Crippen LogP contribution is 2.20. The number of aliphatic carboxylic acids is 1. The number of hydrogen-bond acceptors (Lipinski definition) is 10. The zero-order chi connectivity index (χ0) is 26.2. The zero-order valence-corrected chi connectivity index (χ0v) is 22.1. The molecule has 1 amide bonds. The molecule has 206 valence electrons. The lowest BCUT2D eigenvalue weighted by Crippen LogP contribution is -2.37. The summed E-state index contributed by atoms with van der Waals surface area (Å²) in [6, 6.07) is 0. The number of Topliss-reactive ketones (excluding diaryl/α,β-unsaturated/α-hetero) is 1. The van der Waals surface area contributed by atoms with Gasteiger partial charge in [-0.05, 0) is 12.2 Å². The Morgan fingerprint density at radius 3 is 1.49 bits per heavy atom. The number of amides is 1. The van der Waals surface area contributed by atoms with E-state index < -0.39 is 11.2 Å². The molecule has 1 unspecified atom stereocenters. The number of carboxylic acid groups (broad SMARTS) is 1. The fourth-order valence-electron chi connectivity index (χ4n) is 2.47. The standard InChI is InChI=1S/C23H43NO10S/c1-19(2)35-21(18-22(26)27)23(28)24-5-7-30-9-11-32-13-15-34-17-16-33-14-12-31-10-8-29-6-4-20(3)25/h19,21H,4-18H2,1-3H3,(H,24,28)(H,26,27). The molecule has 0 aromatic rings. The van der Waals surface area contributed by atoms with Crippen molar-refractivity contribution in [3.05, 3.63) is 0 Å². The van der Waals surface area contributed by atoms with E-state index in [0.717, 1.165) is 0 Å². The molecule has 0 aliphatic carbocycles. The summed E-state index contributed by atoms with van der Waals surface area (Å²) in [5.41, 5.74) is 0. The quantitative estimate of drug-likeness (QED) is 0.157. The molecule has 0 bridgehead atoms. The number of rotatable bonds is 26. The van der Waals surface area contributed by atoms with Crippen molar-refractivity contribution in [2.24, 2.45) is 0 Å². The van der Waals surface area contributed by atoms with Crippen LogP contribution < -0.4 is 5.32 Å². The van der Waals surface area contributed by atoms with E-state index in [4.69, 9.17) is 33.5 Å². The van der Waals surface area contributed by atoms with Crippen LogP contribution in [-0.2, 0) is 42.8 Å². The van der Waals surface area contributed by atoms with E-state index in [1.54, 1.807) is 0 Å². The smallest absolute Gasteiger partial charge is 0.305 e. The fourth-order valence-corrected chi connectivity index (χ4v) is 3.57. The van der Waals surface area contributed by atoms with Gasteiger partial charge in [-0.1, -0.05) is 13.8 Å². The van der Waals surface area contributed by atoms with Crippen LogP contribution in [0, 0.1) is 0 Å². The molecule has 11 nitrogen and oxygen atoms in total. The number of carbonyl (C=O) groups excluding carboxylic acids is 2. The third kappa shape index (κ3) is 25.6. The first kappa shape index (κ1) is 33.7. The molecule has 0 rings (SSSR count). The number of ether oxygens (including phenoxy) is 6. The average molecular weight is 526 g/mol. The van der Waals surface area contributed by atoms with Gasteiger partial charge < -0.3 is 38.8 Å². The van der Waals surface area contributed by atoms with Gasteiger partial charge in [-0.25, -0.2) is 0 Å². The summed E-state index contributed by atoms with van der Waals surface area (Å²) in [7, 11) is 0. The van der Waals surface area contributed by atoms with Gasteiger partial charge in [0, 0.05) is 13.0 Å². The maximum absolute atomic E-state index is 12.1. The Bertz CT molecular complexity index is 550. The number of carbonyl (C=O) groups is 3. The molecule has 0 aromatic carbocycles. The molecule has 0 spiro atoms. The van der Waals surface area contributed by atoms with Gasteiger partial charge in [0.15, 0.2) is 0 Å². The average Bonchev–Trinajstić information content (AvgIpc) is 2.78. The molecule has 0 radical (unpaired) electrons. The minimum Gasteiger partial charge on any atom is -0.481 e. The predicted octanol–water partition coefficient (Wildman–Crippen LogP) is 1.17. The van der Waals surface area contributed by atoms with E-state index in [1.165, 1.54) is 18.7 Å². The van der Waals surface area contributed by atoms with Crippen molar-refractivity contribution in [1.82, 2.24) is 5.32 Å². The van der Waals surface area contributed by atoms with Crippen molar-refractivity contribution < 1.29 is 47.9 Å². The largest absolute Gasteiger partial charge is 0.481 e. The first-order valence-corrected chi connectivity index (χ1v) is 12.9. The fraction of sp³-hybridized carbons (Fsp3) is 0.870. The van der Waals surface area contributed by atoms with E-state index in [9.17, 15) is 14.4 Å². The summed E-state index contributed by atoms with van der Waals surface area (Å²) in [5.74, 6) is -1.16. The van der Waals surface area contributed by atoms with Crippen LogP contribution in [0.25, 0.3) is 0 Å². The summed E-state index contributed by atoms with van der Waals surface area (Å²) in [5, 5.41) is 11.2. The van der Waals surface area contributed by atoms with Gasteiger partial charge >= 0.3 is 5.97 Å². The molecule has 2 N–H and O–H groups in total. The second kappa shape index (κ2) is 24.4. The number of nitrogens with one attached hydrogen (secondary N) is 1. The monoisotopic (exact) mass is 525 g/mol. The third-order valence-electron chi connectivity index (χ3n) is 4.09. The first-order valence-electron chi connectivity index (χ1n) is 11.9.